The van der Waals surface area contributed by atoms with Gasteiger partial charge in [-0.05, 0) is 62.2 Å². The number of hydrogen-bond acceptors (Lipinski definition) is 2. The van der Waals surface area contributed by atoms with E-state index in [1.165, 1.54) is 25.7 Å². The van der Waals surface area contributed by atoms with Crippen LogP contribution in [-0.4, -0.2) is 22.4 Å². The van der Waals surface area contributed by atoms with Gasteiger partial charge in [0.2, 0.25) is 0 Å². The minimum absolute atomic E-state index is 0.0880. The lowest BCUT2D eigenvalue weighted by Crippen LogP contribution is -2.02. The molecule has 4 saturated carbocycles. The molecule has 0 aromatic carbocycles. The average molecular weight is 196 g/mol. The standard InChI is InChI=1S/2C6H10O/c2*7-6-2-1-4-3-5(4)6/h2*4-7H,1-3H2/t2*4-,5+,6+/m10/s1. The van der Waals surface area contributed by atoms with Crippen molar-refractivity contribution in [3.63, 3.8) is 0 Å². The van der Waals surface area contributed by atoms with Crippen molar-refractivity contribution in [2.45, 2.75) is 50.7 Å². The van der Waals surface area contributed by atoms with E-state index >= 15 is 0 Å². The molecule has 0 saturated heterocycles. The Morgan fingerprint density at radius 1 is 0.643 bits per heavy atom. The number of rotatable bonds is 0. The molecule has 2 nitrogen and oxygen atoms in total. The van der Waals surface area contributed by atoms with Gasteiger partial charge in [-0.1, -0.05) is 0 Å². The first-order chi connectivity index (χ1) is 6.75. The van der Waals surface area contributed by atoms with Crippen LogP contribution in [0.2, 0.25) is 0 Å². The lowest BCUT2D eigenvalue weighted by Gasteiger charge is -1.97. The van der Waals surface area contributed by atoms with Gasteiger partial charge in [-0.2, -0.15) is 0 Å². The van der Waals surface area contributed by atoms with E-state index in [0.29, 0.717) is 0 Å². The highest BCUT2D eigenvalue weighted by Gasteiger charge is 2.47. The van der Waals surface area contributed by atoms with Gasteiger partial charge >= 0.3 is 0 Å². The van der Waals surface area contributed by atoms with E-state index in [-0.39, 0.29) is 12.2 Å². The quantitative estimate of drug-likeness (QED) is 0.617. The fourth-order valence-electron chi connectivity index (χ4n) is 3.35. The van der Waals surface area contributed by atoms with Crippen LogP contribution in [0.1, 0.15) is 38.5 Å². The number of aliphatic hydroxyl groups is 2. The molecule has 0 aliphatic heterocycles. The molecule has 2 heteroatoms. The Balaban J connectivity index is 0.0000000914. The van der Waals surface area contributed by atoms with Gasteiger partial charge in [0.1, 0.15) is 0 Å². The topological polar surface area (TPSA) is 40.5 Å². The van der Waals surface area contributed by atoms with Gasteiger partial charge in [-0.3, -0.25) is 0 Å². The maximum atomic E-state index is 9.04. The Hall–Kier alpha value is -0.0800. The molecule has 80 valence electrons. The highest BCUT2D eigenvalue weighted by atomic mass is 16.3. The van der Waals surface area contributed by atoms with E-state index in [1.54, 1.807) is 0 Å². The molecule has 0 unspecified atom stereocenters. The summed E-state index contributed by atoms with van der Waals surface area (Å²) < 4.78 is 0. The first-order valence-electron chi connectivity index (χ1n) is 6.12. The summed E-state index contributed by atoms with van der Waals surface area (Å²) in [5.41, 5.74) is 0. The summed E-state index contributed by atoms with van der Waals surface area (Å²) in [6.45, 7) is 0. The van der Waals surface area contributed by atoms with Gasteiger partial charge in [0.05, 0.1) is 12.2 Å². The second-order valence-electron chi connectivity index (χ2n) is 5.61. The monoisotopic (exact) mass is 196 g/mol. The van der Waals surface area contributed by atoms with Crippen LogP contribution in [0, 0.1) is 23.7 Å². The molecule has 4 aliphatic carbocycles. The molecule has 0 amide bonds. The zero-order chi connectivity index (χ0) is 9.71. The highest BCUT2D eigenvalue weighted by Crippen LogP contribution is 2.52. The molecule has 4 rings (SSSR count). The third kappa shape index (κ3) is 1.59. The fourth-order valence-corrected chi connectivity index (χ4v) is 3.35. The van der Waals surface area contributed by atoms with Crippen LogP contribution in [-0.2, 0) is 0 Å². The molecule has 14 heavy (non-hydrogen) atoms. The zero-order valence-corrected chi connectivity index (χ0v) is 8.60. The second-order valence-corrected chi connectivity index (χ2v) is 5.61. The minimum atomic E-state index is 0.0880. The Morgan fingerprint density at radius 2 is 1.07 bits per heavy atom. The van der Waals surface area contributed by atoms with E-state index in [2.05, 4.69) is 0 Å². The number of aliphatic hydroxyl groups excluding tert-OH is 2. The molecule has 0 spiro atoms. The van der Waals surface area contributed by atoms with Gasteiger partial charge in [-0.15, -0.1) is 0 Å². The molecular formula is C12H20O2. The molecule has 4 aliphatic rings. The lowest BCUT2D eigenvalue weighted by atomic mass is 10.2. The third-order valence-corrected chi connectivity index (χ3v) is 4.61. The minimum Gasteiger partial charge on any atom is -0.393 e. The first kappa shape index (κ1) is 9.17. The molecule has 2 N–H and O–H groups in total. The lowest BCUT2D eigenvalue weighted by molar-refractivity contribution is 0.159. The van der Waals surface area contributed by atoms with Crippen LogP contribution in [0.3, 0.4) is 0 Å². The van der Waals surface area contributed by atoms with Crippen LogP contribution in [0.25, 0.3) is 0 Å². The molecule has 4 fully saturated rings. The SMILES string of the molecule is O[C@@H]1CC[C@H]2C[C@H]21.O[C@H]1CC[C@@H]2C[C@@H]21. The second kappa shape index (κ2) is 3.21. The maximum absolute atomic E-state index is 9.04. The molecule has 0 aromatic heterocycles. The highest BCUT2D eigenvalue weighted by molar-refractivity contribution is 4.97. The molecule has 0 heterocycles. The van der Waals surface area contributed by atoms with E-state index in [9.17, 15) is 0 Å². The molecule has 0 radical (unpaired) electrons. The summed E-state index contributed by atoms with van der Waals surface area (Å²) in [4.78, 5) is 0. The van der Waals surface area contributed by atoms with E-state index in [4.69, 9.17) is 10.2 Å². The Kier molecular flexibility index (Phi) is 2.10. The van der Waals surface area contributed by atoms with Gasteiger partial charge < -0.3 is 10.2 Å². The Labute approximate surface area is 85.3 Å². The third-order valence-electron chi connectivity index (χ3n) is 4.61. The largest absolute Gasteiger partial charge is 0.393 e. The summed E-state index contributed by atoms with van der Waals surface area (Å²) in [5.74, 6) is 3.35. The molecule has 0 aromatic rings. The summed E-state index contributed by atoms with van der Waals surface area (Å²) in [6.07, 6.45) is 7.57. The molecule has 0 bridgehead atoms. The van der Waals surface area contributed by atoms with Crippen molar-refractivity contribution in [1.82, 2.24) is 0 Å². The molecular weight excluding hydrogens is 176 g/mol. The number of fused-ring (bicyclic) bond motifs is 2. The van der Waals surface area contributed by atoms with E-state index in [1.807, 2.05) is 0 Å². The van der Waals surface area contributed by atoms with Crippen LogP contribution in [0.5, 0.6) is 0 Å². The van der Waals surface area contributed by atoms with Crippen molar-refractivity contribution in [2.75, 3.05) is 0 Å². The summed E-state index contributed by atoms with van der Waals surface area (Å²) in [5, 5.41) is 18.1. The predicted molar refractivity (Wildman–Crippen MR) is 53.7 cm³/mol. The van der Waals surface area contributed by atoms with Crippen LogP contribution in [0.4, 0.5) is 0 Å². The predicted octanol–water partition coefficient (Wildman–Crippen LogP) is 1.55. The van der Waals surface area contributed by atoms with Gasteiger partial charge in [-0.25, -0.2) is 0 Å². The Bertz CT molecular complexity index is 204. The van der Waals surface area contributed by atoms with Crippen molar-refractivity contribution in [3.05, 3.63) is 0 Å². The van der Waals surface area contributed by atoms with Crippen molar-refractivity contribution in [2.24, 2.45) is 23.7 Å². The van der Waals surface area contributed by atoms with E-state index < -0.39 is 0 Å². The van der Waals surface area contributed by atoms with Crippen LogP contribution < -0.4 is 0 Å². The van der Waals surface area contributed by atoms with Crippen LogP contribution >= 0.6 is 0 Å². The maximum Gasteiger partial charge on any atom is 0.0571 e. The van der Waals surface area contributed by atoms with E-state index in [0.717, 1.165) is 36.5 Å². The average Bonchev–Trinajstić information content (AvgIpc) is 3.08. The fraction of sp³-hybridized carbons (Fsp3) is 1.00. The van der Waals surface area contributed by atoms with Crippen LogP contribution in [0.15, 0.2) is 0 Å². The van der Waals surface area contributed by atoms with Gasteiger partial charge in [0.25, 0.3) is 0 Å². The van der Waals surface area contributed by atoms with Gasteiger partial charge in [0, 0.05) is 0 Å². The zero-order valence-electron chi connectivity index (χ0n) is 8.60. The van der Waals surface area contributed by atoms with Crippen molar-refractivity contribution in [1.29, 1.82) is 0 Å². The molecule has 6 atom stereocenters. The first-order valence-corrected chi connectivity index (χ1v) is 6.12. The summed E-state index contributed by atoms with van der Waals surface area (Å²) >= 11 is 0. The van der Waals surface area contributed by atoms with Crippen molar-refractivity contribution in [3.8, 4) is 0 Å². The van der Waals surface area contributed by atoms with Crippen molar-refractivity contribution < 1.29 is 10.2 Å². The normalized spacial score (nSPS) is 57.0. The van der Waals surface area contributed by atoms with Gasteiger partial charge in [0.15, 0.2) is 0 Å². The van der Waals surface area contributed by atoms with Crippen molar-refractivity contribution >= 4 is 0 Å². The number of hydrogen-bond donors (Lipinski definition) is 2. The smallest absolute Gasteiger partial charge is 0.0571 e. The summed E-state index contributed by atoms with van der Waals surface area (Å²) in [7, 11) is 0. The Morgan fingerprint density at radius 3 is 1.14 bits per heavy atom. The summed E-state index contributed by atoms with van der Waals surface area (Å²) in [6, 6.07) is 0.